The fourth-order valence-electron chi connectivity index (χ4n) is 3.05. The van der Waals surface area contributed by atoms with E-state index in [1.165, 1.54) is 7.11 Å². The number of aromatic amines is 2. The van der Waals surface area contributed by atoms with Gasteiger partial charge in [-0.3, -0.25) is 4.79 Å². The van der Waals surface area contributed by atoms with Gasteiger partial charge >= 0.3 is 11.7 Å². The molecule has 2 aromatic rings. The van der Waals surface area contributed by atoms with Crippen LogP contribution in [0.2, 0.25) is 0 Å². The highest BCUT2D eigenvalue weighted by Gasteiger charge is 2.68. The molecule has 0 amide bonds. The lowest BCUT2D eigenvalue weighted by atomic mass is 9.87. The number of esters is 1. The van der Waals surface area contributed by atoms with Crippen molar-refractivity contribution in [3.05, 3.63) is 34.2 Å². The van der Waals surface area contributed by atoms with E-state index in [-0.39, 0.29) is 17.1 Å². The molecular formula is C14H16N2O3. The largest absolute Gasteiger partial charge is 0.468 e. The molecule has 2 N–H and O–H groups in total. The average Bonchev–Trinajstić information content (AvgIpc) is 2.76. The zero-order chi connectivity index (χ0) is 13.8. The van der Waals surface area contributed by atoms with Crippen molar-refractivity contribution in [2.24, 2.45) is 5.41 Å². The normalized spacial score (nSPS) is 24.4. The Morgan fingerprint density at radius 3 is 2.47 bits per heavy atom. The predicted molar refractivity (Wildman–Crippen MR) is 71.0 cm³/mol. The van der Waals surface area contributed by atoms with Crippen LogP contribution < -0.4 is 5.69 Å². The third-order valence-electron chi connectivity index (χ3n) is 4.28. The fourth-order valence-corrected chi connectivity index (χ4v) is 3.05. The van der Waals surface area contributed by atoms with Gasteiger partial charge in [0.05, 0.1) is 23.6 Å². The second-order valence-electron chi connectivity index (χ2n) is 5.80. The van der Waals surface area contributed by atoms with Gasteiger partial charge in [0.15, 0.2) is 0 Å². The van der Waals surface area contributed by atoms with Crippen molar-refractivity contribution in [1.29, 1.82) is 0 Å². The molecule has 100 valence electrons. The molecule has 1 aliphatic rings. The van der Waals surface area contributed by atoms with Crippen LogP contribution in [0.3, 0.4) is 0 Å². The van der Waals surface area contributed by atoms with Crippen LogP contribution in [0.4, 0.5) is 0 Å². The van der Waals surface area contributed by atoms with Crippen molar-refractivity contribution in [3.8, 4) is 0 Å². The summed E-state index contributed by atoms with van der Waals surface area (Å²) in [5.74, 6) is -0.213. The summed E-state index contributed by atoms with van der Waals surface area (Å²) in [6, 6.07) is 5.57. The number of imidazole rings is 1. The van der Waals surface area contributed by atoms with E-state index in [9.17, 15) is 9.59 Å². The number of nitrogens with one attached hydrogen (secondary N) is 2. The Balaban J connectivity index is 2.17. The molecule has 1 fully saturated rings. The number of methoxy groups -OCH3 is 1. The quantitative estimate of drug-likeness (QED) is 0.807. The van der Waals surface area contributed by atoms with E-state index in [0.717, 1.165) is 17.5 Å². The zero-order valence-electron chi connectivity index (χ0n) is 11.2. The first kappa shape index (κ1) is 12.0. The van der Waals surface area contributed by atoms with Crippen LogP contribution in [0.1, 0.15) is 25.8 Å². The smallest absolute Gasteiger partial charge is 0.323 e. The van der Waals surface area contributed by atoms with E-state index in [1.807, 2.05) is 32.0 Å². The second-order valence-corrected chi connectivity index (χ2v) is 5.80. The fraction of sp³-hybridized carbons (Fsp3) is 0.429. The molecule has 3 rings (SSSR count). The Morgan fingerprint density at radius 1 is 1.26 bits per heavy atom. The summed E-state index contributed by atoms with van der Waals surface area (Å²) >= 11 is 0. The van der Waals surface area contributed by atoms with Crippen LogP contribution in [-0.4, -0.2) is 23.0 Å². The summed E-state index contributed by atoms with van der Waals surface area (Å²) in [4.78, 5) is 28.8. The lowest BCUT2D eigenvalue weighted by Crippen LogP contribution is -2.27. The summed E-state index contributed by atoms with van der Waals surface area (Å²) < 4.78 is 4.97. The summed E-state index contributed by atoms with van der Waals surface area (Å²) in [5.41, 5.74) is 1.40. The van der Waals surface area contributed by atoms with E-state index >= 15 is 0 Å². The molecule has 1 unspecified atom stereocenters. The molecular weight excluding hydrogens is 244 g/mol. The molecule has 1 saturated carbocycles. The van der Waals surface area contributed by atoms with Gasteiger partial charge in [-0.15, -0.1) is 0 Å². The van der Waals surface area contributed by atoms with Gasteiger partial charge in [0.2, 0.25) is 0 Å². The van der Waals surface area contributed by atoms with E-state index in [4.69, 9.17) is 4.74 Å². The van der Waals surface area contributed by atoms with Gasteiger partial charge in [-0.05, 0) is 29.5 Å². The van der Waals surface area contributed by atoms with Crippen molar-refractivity contribution in [3.63, 3.8) is 0 Å². The first-order chi connectivity index (χ1) is 8.90. The number of H-pyrrole nitrogens is 2. The van der Waals surface area contributed by atoms with Gasteiger partial charge in [-0.1, -0.05) is 19.9 Å². The second kappa shape index (κ2) is 3.50. The number of rotatable bonds is 2. The van der Waals surface area contributed by atoms with Crippen LogP contribution in [0.15, 0.2) is 23.0 Å². The molecule has 1 heterocycles. The molecule has 1 aliphatic carbocycles. The van der Waals surface area contributed by atoms with E-state index in [2.05, 4.69) is 9.97 Å². The lowest BCUT2D eigenvalue weighted by Gasteiger charge is -2.18. The lowest BCUT2D eigenvalue weighted by molar-refractivity contribution is -0.144. The Labute approximate surface area is 110 Å². The Morgan fingerprint density at radius 2 is 1.89 bits per heavy atom. The SMILES string of the molecule is COC(=O)C1(c2ccc3[nH]c(=O)[nH]c3c2)CC1(C)C. The number of hydrogen-bond acceptors (Lipinski definition) is 3. The Kier molecular flexibility index (Phi) is 2.21. The first-order valence-corrected chi connectivity index (χ1v) is 6.22. The molecule has 0 aliphatic heterocycles. The van der Waals surface area contributed by atoms with Gasteiger partial charge in [-0.25, -0.2) is 4.79 Å². The molecule has 5 heteroatoms. The van der Waals surface area contributed by atoms with Crippen molar-refractivity contribution in [1.82, 2.24) is 9.97 Å². The maximum absolute atomic E-state index is 12.2. The Bertz CT molecular complexity index is 726. The first-order valence-electron chi connectivity index (χ1n) is 6.22. The highest BCUT2D eigenvalue weighted by Crippen LogP contribution is 2.64. The summed E-state index contributed by atoms with van der Waals surface area (Å²) in [5, 5.41) is 0. The van der Waals surface area contributed by atoms with Crippen molar-refractivity contribution in [2.45, 2.75) is 25.7 Å². The van der Waals surface area contributed by atoms with E-state index in [0.29, 0.717) is 5.52 Å². The summed E-state index contributed by atoms with van der Waals surface area (Å²) in [6.45, 7) is 4.10. The number of carbonyl (C=O) groups is 1. The van der Waals surface area contributed by atoms with Gasteiger partial charge < -0.3 is 14.7 Å². The number of hydrogen-bond donors (Lipinski definition) is 2. The van der Waals surface area contributed by atoms with Crippen molar-refractivity contribution >= 4 is 17.0 Å². The topological polar surface area (TPSA) is 75.0 Å². The molecule has 1 atom stereocenters. The van der Waals surface area contributed by atoms with Gasteiger partial charge in [0.25, 0.3) is 0 Å². The van der Waals surface area contributed by atoms with Crippen LogP contribution in [-0.2, 0) is 14.9 Å². The third kappa shape index (κ3) is 1.47. The molecule has 0 bridgehead atoms. The maximum Gasteiger partial charge on any atom is 0.323 e. The standard InChI is InChI=1S/C14H16N2O3/c1-13(2)7-14(13,11(17)19-3)8-4-5-9-10(6-8)16-12(18)15-9/h4-6H,7H2,1-3H3,(H2,15,16,18). The summed E-state index contributed by atoms with van der Waals surface area (Å²) in [6.07, 6.45) is 0.757. The van der Waals surface area contributed by atoms with Crippen LogP contribution in [0.25, 0.3) is 11.0 Å². The summed E-state index contributed by atoms with van der Waals surface area (Å²) in [7, 11) is 1.41. The molecule has 0 spiro atoms. The Hall–Kier alpha value is -2.04. The molecule has 1 aromatic heterocycles. The molecule has 1 aromatic carbocycles. The maximum atomic E-state index is 12.2. The predicted octanol–water partition coefficient (Wildman–Crippen LogP) is 1.70. The number of carbonyl (C=O) groups excluding carboxylic acids is 1. The number of fused-ring (bicyclic) bond motifs is 1. The third-order valence-corrected chi connectivity index (χ3v) is 4.28. The van der Waals surface area contributed by atoms with Crippen molar-refractivity contribution in [2.75, 3.05) is 7.11 Å². The van der Waals surface area contributed by atoms with Crippen molar-refractivity contribution < 1.29 is 9.53 Å². The molecule has 0 saturated heterocycles. The minimum atomic E-state index is -0.593. The molecule has 5 nitrogen and oxygen atoms in total. The van der Waals surface area contributed by atoms with Crippen LogP contribution in [0, 0.1) is 5.41 Å². The molecule has 19 heavy (non-hydrogen) atoms. The average molecular weight is 260 g/mol. The van der Waals surface area contributed by atoms with Gasteiger partial charge in [-0.2, -0.15) is 0 Å². The monoisotopic (exact) mass is 260 g/mol. The van der Waals surface area contributed by atoms with E-state index < -0.39 is 5.41 Å². The highest BCUT2D eigenvalue weighted by molar-refractivity contribution is 5.90. The minimum absolute atomic E-state index is 0.121. The van der Waals surface area contributed by atoms with Gasteiger partial charge in [0, 0.05) is 0 Å². The molecule has 0 radical (unpaired) electrons. The highest BCUT2D eigenvalue weighted by atomic mass is 16.5. The van der Waals surface area contributed by atoms with E-state index in [1.54, 1.807) is 0 Å². The number of ether oxygens (including phenoxy) is 1. The van der Waals surface area contributed by atoms with Crippen LogP contribution >= 0.6 is 0 Å². The van der Waals surface area contributed by atoms with Crippen LogP contribution in [0.5, 0.6) is 0 Å². The van der Waals surface area contributed by atoms with Gasteiger partial charge in [0.1, 0.15) is 0 Å². The zero-order valence-corrected chi connectivity index (χ0v) is 11.2. The number of benzene rings is 1. The number of aromatic nitrogens is 2. The minimum Gasteiger partial charge on any atom is -0.468 e.